The number of amides is 1. The highest BCUT2D eigenvalue weighted by Crippen LogP contribution is 2.45. The first kappa shape index (κ1) is 31.3. The summed E-state index contributed by atoms with van der Waals surface area (Å²) in [5, 5.41) is 16.5. The van der Waals surface area contributed by atoms with E-state index < -0.39 is 5.82 Å². The third-order valence-electron chi connectivity index (χ3n) is 10.7. The summed E-state index contributed by atoms with van der Waals surface area (Å²) in [5.74, 6) is 0.0565. The van der Waals surface area contributed by atoms with Gasteiger partial charge in [0.1, 0.15) is 30.3 Å². The summed E-state index contributed by atoms with van der Waals surface area (Å²) in [7, 11) is 3.36. The monoisotopic (exact) mass is 674 g/mol. The molecule has 2 N–H and O–H groups in total. The summed E-state index contributed by atoms with van der Waals surface area (Å²) >= 11 is 6.92. The number of rotatable bonds is 7. The lowest BCUT2D eigenvalue weighted by atomic mass is 9.95. The Bertz CT molecular complexity index is 1900. The van der Waals surface area contributed by atoms with Gasteiger partial charge in [-0.25, -0.2) is 9.18 Å². The van der Waals surface area contributed by atoms with Crippen LogP contribution in [0.2, 0.25) is 5.02 Å². The van der Waals surface area contributed by atoms with Crippen molar-refractivity contribution < 1.29 is 23.8 Å². The molecule has 12 heteroatoms. The van der Waals surface area contributed by atoms with Gasteiger partial charge in [0, 0.05) is 56.3 Å². The minimum atomic E-state index is -0.579. The fourth-order valence-electron chi connectivity index (χ4n) is 8.47. The van der Waals surface area contributed by atoms with Crippen molar-refractivity contribution in [3.63, 3.8) is 0 Å². The zero-order valence-electron chi connectivity index (χ0n) is 27.2. The number of ether oxygens (including phenoxy) is 2. The molecule has 2 bridgehead atoms. The van der Waals surface area contributed by atoms with Gasteiger partial charge in [0.05, 0.1) is 10.6 Å². The third kappa shape index (κ3) is 5.45. The molecule has 4 fully saturated rings. The van der Waals surface area contributed by atoms with Crippen LogP contribution in [0.3, 0.4) is 0 Å². The highest BCUT2D eigenvalue weighted by molar-refractivity contribution is 6.35. The normalized spacial score (nSPS) is 25.2. The van der Waals surface area contributed by atoms with Crippen molar-refractivity contribution in [2.75, 3.05) is 51.8 Å². The van der Waals surface area contributed by atoms with E-state index in [0.717, 1.165) is 68.9 Å². The Balaban J connectivity index is 1.17. The van der Waals surface area contributed by atoms with Crippen molar-refractivity contribution in [1.29, 1.82) is 0 Å². The van der Waals surface area contributed by atoms with E-state index in [2.05, 4.69) is 15.1 Å². The number of carbonyl (C=O) groups excluding carboxylic acids is 1. The zero-order valence-corrected chi connectivity index (χ0v) is 28.0. The summed E-state index contributed by atoms with van der Waals surface area (Å²) in [6.45, 7) is 3.06. The summed E-state index contributed by atoms with van der Waals surface area (Å²) < 4.78 is 29.0. The fraction of sp³-hybridized carbons (Fsp3) is 0.472. The van der Waals surface area contributed by atoms with Crippen LogP contribution in [0, 0.1) is 5.82 Å². The van der Waals surface area contributed by atoms with Crippen LogP contribution in [0.4, 0.5) is 15.0 Å². The van der Waals surface area contributed by atoms with Crippen LogP contribution in [0.25, 0.3) is 32.8 Å². The smallest absolute Gasteiger partial charge is 0.409 e. The van der Waals surface area contributed by atoms with Crippen molar-refractivity contribution in [3.8, 4) is 22.9 Å². The second-order valence-electron chi connectivity index (χ2n) is 14.0. The maximum absolute atomic E-state index is 17.0. The van der Waals surface area contributed by atoms with Gasteiger partial charge in [0.15, 0.2) is 5.82 Å². The Morgan fingerprint density at radius 2 is 1.90 bits per heavy atom. The summed E-state index contributed by atoms with van der Waals surface area (Å²) in [4.78, 5) is 27.9. The molecule has 4 atom stereocenters. The van der Waals surface area contributed by atoms with E-state index in [1.165, 1.54) is 4.90 Å². The second kappa shape index (κ2) is 12.2. The molecule has 1 aromatic heterocycles. The molecule has 2 unspecified atom stereocenters. The first-order valence-electron chi connectivity index (χ1n) is 16.9. The number of halogens is 2. The van der Waals surface area contributed by atoms with Crippen molar-refractivity contribution >= 4 is 45.2 Å². The van der Waals surface area contributed by atoms with E-state index in [4.69, 9.17) is 31.0 Å². The molecule has 4 aromatic rings. The predicted octanol–water partition coefficient (Wildman–Crippen LogP) is 5.96. The van der Waals surface area contributed by atoms with Crippen molar-refractivity contribution in [3.05, 3.63) is 53.3 Å². The molecular weight excluding hydrogens is 635 g/mol. The van der Waals surface area contributed by atoms with E-state index in [9.17, 15) is 9.90 Å². The molecule has 4 saturated heterocycles. The molecule has 4 aliphatic heterocycles. The van der Waals surface area contributed by atoms with Gasteiger partial charge in [-0.1, -0.05) is 35.9 Å². The number of aromatic nitrogens is 2. The zero-order chi connectivity index (χ0) is 33.2. The van der Waals surface area contributed by atoms with Crippen LogP contribution in [0.1, 0.15) is 38.5 Å². The number of nitrogens with one attached hydrogen (secondary N) is 1. The topological polar surface area (TPSA) is 103 Å². The van der Waals surface area contributed by atoms with Gasteiger partial charge in [-0.2, -0.15) is 9.97 Å². The van der Waals surface area contributed by atoms with Crippen LogP contribution in [-0.2, 0) is 4.74 Å². The molecule has 10 nitrogen and oxygen atoms in total. The van der Waals surface area contributed by atoms with Crippen molar-refractivity contribution in [2.24, 2.45) is 0 Å². The molecule has 4 aliphatic rings. The summed E-state index contributed by atoms with van der Waals surface area (Å²) in [5.41, 5.74) is 0.573. The number of carbonyl (C=O) groups is 1. The fourth-order valence-corrected chi connectivity index (χ4v) is 8.76. The van der Waals surface area contributed by atoms with Crippen LogP contribution in [-0.4, -0.2) is 102 Å². The van der Waals surface area contributed by atoms with Crippen LogP contribution in [0.5, 0.6) is 11.8 Å². The lowest BCUT2D eigenvalue weighted by Crippen LogP contribution is -2.51. The van der Waals surface area contributed by atoms with Gasteiger partial charge in [0.25, 0.3) is 0 Å². The average Bonchev–Trinajstić information content (AvgIpc) is 3.75. The average molecular weight is 675 g/mol. The largest absolute Gasteiger partial charge is 0.508 e. The minimum absolute atomic E-state index is 0.0228. The Kier molecular flexibility index (Phi) is 7.96. The number of fused-ring (bicyclic) bond motifs is 5. The number of piperazine rings is 1. The lowest BCUT2D eigenvalue weighted by molar-refractivity contribution is 0.0484. The standard InChI is InChI=1S/C36H40ClFN6O4/c1-42(2)35(46)47-19-24-10-12-36(11-5-13-44(24)36)20-48-34-40-32-28(33(41-34)43-17-22-8-9-23(18-43)39-22)16-29(37)30(31(32)38)27-15-25(45)14-21-6-3-4-7-26(21)27/h3-4,6-7,14-16,22-24,39,45H,5,8-13,17-20H2,1-2H3/t22?,23?,24-,36+/m0/s1. The third-order valence-corrected chi connectivity index (χ3v) is 11.0. The van der Waals surface area contributed by atoms with Crippen LogP contribution in [0.15, 0.2) is 42.5 Å². The first-order valence-corrected chi connectivity index (χ1v) is 17.2. The van der Waals surface area contributed by atoms with E-state index in [0.29, 0.717) is 42.1 Å². The second-order valence-corrected chi connectivity index (χ2v) is 14.4. The number of hydrogen-bond donors (Lipinski definition) is 2. The van der Waals surface area contributed by atoms with Gasteiger partial charge in [-0.15, -0.1) is 0 Å². The number of nitrogens with zero attached hydrogens (tertiary/aromatic N) is 5. The Hall–Kier alpha value is -3.93. The molecule has 5 heterocycles. The Labute approximate surface area is 283 Å². The molecule has 0 saturated carbocycles. The van der Waals surface area contributed by atoms with Gasteiger partial charge in [-0.05, 0) is 79.6 Å². The van der Waals surface area contributed by atoms with E-state index in [1.807, 2.05) is 24.3 Å². The molecule has 0 radical (unpaired) electrons. The predicted molar refractivity (Wildman–Crippen MR) is 183 cm³/mol. The Morgan fingerprint density at radius 3 is 2.69 bits per heavy atom. The summed E-state index contributed by atoms with van der Waals surface area (Å²) in [6.07, 6.45) is 5.58. The van der Waals surface area contributed by atoms with Crippen molar-refractivity contribution in [2.45, 2.75) is 62.2 Å². The van der Waals surface area contributed by atoms with E-state index in [-0.39, 0.29) is 45.5 Å². The minimum Gasteiger partial charge on any atom is -0.508 e. The van der Waals surface area contributed by atoms with Crippen LogP contribution < -0.4 is 15.0 Å². The maximum Gasteiger partial charge on any atom is 0.409 e. The number of aromatic hydroxyl groups is 1. The molecule has 1 amide bonds. The number of hydrogen-bond acceptors (Lipinski definition) is 9. The maximum atomic E-state index is 17.0. The number of phenols is 1. The molecule has 252 valence electrons. The highest BCUT2D eigenvalue weighted by Gasteiger charge is 2.50. The number of phenolic OH excluding ortho intramolecular Hbond substituents is 1. The molecule has 0 spiro atoms. The van der Waals surface area contributed by atoms with Crippen molar-refractivity contribution in [1.82, 2.24) is 25.1 Å². The number of benzene rings is 3. The quantitative estimate of drug-likeness (QED) is 0.246. The highest BCUT2D eigenvalue weighted by atomic mass is 35.5. The number of anilines is 1. The first-order chi connectivity index (χ1) is 23.2. The SMILES string of the molecule is CN(C)C(=O)OC[C@@H]1CC[C@@]2(COc3nc(N4CC5CCC(C4)N5)c4cc(Cl)c(-c5cc(O)cc6ccccc56)c(F)c4n3)CCCN12. The van der Waals surface area contributed by atoms with Gasteiger partial charge in [-0.3, -0.25) is 4.90 Å². The molecular formula is C36H40ClFN6O4. The molecule has 0 aliphatic carbocycles. The van der Waals surface area contributed by atoms with Gasteiger partial charge < -0.3 is 29.7 Å². The summed E-state index contributed by atoms with van der Waals surface area (Å²) in [6, 6.07) is 13.4. The molecule has 48 heavy (non-hydrogen) atoms. The van der Waals surface area contributed by atoms with E-state index in [1.54, 1.807) is 32.3 Å². The molecule has 3 aromatic carbocycles. The van der Waals surface area contributed by atoms with Gasteiger partial charge in [0.2, 0.25) is 0 Å². The van der Waals surface area contributed by atoms with Gasteiger partial charge >= 0.3 is 12.1 Å². The van der Waals surface area contributed by atoms with Crippen LogP contribution >= 0.6 is 11.6 Å². The van der Waals surface area contributed by atoms with E-state index >= 15 is 4.39 Å². The Morgan fingerprint density at radius 1 is 1.10 bits per heavy atom. The molecule has 8 rings (SSSR count). The lowest BCUT2D eigenvalue weighted by Gasteiger charge is -2.35.